The van der Waals surface area contributed by atoms with Crippen LogP contribution in [0.4, 0.5) is 4.39 Å². The molecule has 29 heavy (non-hydrogen) atoms. The van der Waals surface area contributed by atoms with Crippen LogP contribution in [0.1, 0.15) is 33.2 Å². The second kappa shape index (κ2) is 8.17. The molecule has 6 heteroatoms. The summed E-state index contributed by atoms with van der Waals surface area (Å²) in [7, 11) is 0. The summed E-state index contributed by atoms with van der Waals surface area (Å²) >= 11 is 0. The first kappa shape index (κ1) is 19.3. The number of amides is 1. The van der Waals surface area contributed by atoms with Crippen molar-refractivity contribution in [3.63, 3.8) is 0 Å². The summed E-state index contributed by atoms with van der Waals surface area (Å²) in [5, 5.41) is 0.793. The van der Waals surface area contributed by atoms with Crippen LogP contribution in [0.15, 0.2) is 48.7 Å². The number of H-pyrrole nitrogens is 1. The molecule has 0 bridgehead atoms. The molecule has 0 radical (unpaired) electrons. The van der Waals surface area contributed by atoms with Crippen molar-refractivity contribution in [2.75, 3.05) is 32.7 Å². The summed E-state index contributed by atoms with van der Waals surface area (Å²) in [6, 6.07) is 12.1. The summed E-state index contributed by atoms with van der Waals surface area (Å²) in [4.78, 5) is 32.2. The number of nitrogens with zero attached hydrogens (tertiary/aromatic N) is 2. The van der Waals surface area contributed by atoms with Crippen LogP contribution in [0.25, 0.3) is 10.9 Å². The van der Waals surface area contributed by atoms with Gasteiger partial charge in [0.1, 0.15) is 5.82 Å². The average Bonchev–Trinajstić information content (AvgIpc) is 3.18. The molecule has 0 unspecified atom stereocenters. The van der Waals surface area contributed by atoms with Crippen molar-refractivity contribution in [3.8, 4) is 0 Å². The van der Waals surface area contributed by atoms with Gasteiger partial charge in [0.2, 0.25) is 0 Å². The highest BCUT2D eigenvalue weighted by atomic mass is 19.1. The standard InChI is InChI=1S/C23H24FN3O2/c1-16(28)21-15-25-22-19(21)3-2-4-20(22)23(29)27-13-11-26(12-14-27)10-9-17-5-7-18(24)8-6-17/h2-8,15,25H,9-14H2,1H3. The molecule has 2 heterocycles. The lowest BCUT2D eigenvalue weighted by atomic mass is 10.1. The maximum absolute atomic E-state index is 13.1. The highest BCUT2D eigenvalue weighted by Gasteiger charge is 2.24. The third kappa shape index (κ3) is 4.07. The molecule has 4 rings (SSSR count). The SMILES string of the molecule is CC(=O)c1c[nH]c2c(C(=O)N3CCN(CCc4ccc(F)cc4)CC3)cccc12. The number of nitrogens with one attached hydrogen (secondary N) is 1. The molecule has 0 atom stereocenters. The van der Waals surface area contributed by atoms with E-state index in [0.717, 1.165) is 42.5 Å². The Balaban J connectivity index is 1.38. The minimum Gasteiger partial charge on any atom is -0.360 e. The minimum absolute atomic E-state index is 0.00858. The number of para-hydroxylation sites is 1. The molecule has 150 valence electrons. The number of ketones is 1. The van der Waals surface area contributed by atoms with Crippen LogP contribution in [-0.4, -0.2) is 59.2 Å². The molecular formula is C23H24FN3O2. The molecule has 5 nitrogen and oxygen atoms in total. The monoisotopic (exact) mass is 393 g/mol. The number of Topliss-reactive ketones (excluding diaryl/α,β-unsaturated/α-hetero) is 1. The number of hydrogen-bond acceptors (Lipinski definition) is 3. The topological polar surface area (TPSA) is 56.4 Å². The molecule has 3 aromatic rings. The van der Waals surface area contributed by atoms with Gasteiger partial charge in [0, 0.05) is 49.9 Å². The van der Waals surface area contributed by atoms with Crippen molar-refractivity contribution < 1.29 is 14.0 Å². The summed E-state index contributed by atoms with van der Waals surface area (Å²) in [5.41, 5.74) is 3.06. The van der Waals surface area contributed by atoms with Gasteiger partial charge in [-0.15, -0.1) is 0 Å². The largest absolute Gasteiger partial charge is 0.360 e. The number of carbonyl (C=O) groups excluding carboxylic acids is 2. The van der Waals surface area contributed by atoms with E-state index in [1.165, 1.54) is 19.1 Å². The van der Waals surface area contributed by atoms with Gasteiger partial charge in [0.15, 0.2) is 5.78 Å². The number of carbonyl (C=O) groups is 2. The average molecular weight is 393 g/mol. The Hall–Kier alpha value is -2.99. The van der Waals surface area contributed by atoms with Gasteiger partial charge in [-0.1, -0.05) is 24.3 Å². The third-order valence-corrected chi connectivity index (χ3v) is 5.61. The highest BCUT2D eigenvalue weighted by Crippen LogP contribution is 2.23. The van der Waals surface area contributed by atoms with Crippen LogP contribution in [0.2, 0.25) is 0 Å². The molecule has 0 saturated carbocycles. The van der Waals surface area contributed by atoms with Crippen molar-refractivity contribution in [2.24, 2.45) is 0 Å². The van der Waals surface area contributed by atoms with Gasteiger partial charge in [-0.3, -0.25) is 14.5 Å². The van der Waals surface area contributed by atoms with Gasteiger partial charge in [-0.05, 0) is 37.1 Å². The fourth-order valence-corrected chi connectivity index (χ4v) is 3.91. The van der Waals surface area contributed by atoms with Crippen molar-refractivity contribution in [3.05, 3.63) is 71.2 Å². The van der Waals surface area contributed by atoms with Crippen LogP contribution in [0, 0.1) is 5.82 Å². The maximum Gasteiger partial charge on any atom is 0.256 e. The molecule has 1 N–H and O–H groups in total. The Bertz CT molecular complexity index is 1030. The predicted molar refractivity (Wildman–Crippen MR) is 111 cm³/mol. The zero-order chi connectivity index (χ0) is 20.4. The van der Waals surface area contributed by atoms with Gasteiger partial charge in [0.25, 0.3) is 5.91 Å². The van der Waals surface area contributed by atoms with E-state index in [1.54, 1.807) is 6.20 Å². The molecular weight excluding hydrogens is 369 g/mol. The van der Waals surface area contributed by atoms with E-state index >= 15 is 0 Å². The lowest BCUT2D eigenvalue weighted by Gasteiger charge is -2.34. The van der Waals surface area contributed by atoms with Crippen LogP contribution in [0.5, 0.6) is 0 Å². The third-order valence-electron chi connectivity index (χ3n) is 5.61. The Morgan fingerprint density at radius 3 is 2.41 bits per heavy atom. The van der Waals surface area contributed by atoms with E-state index in [4.69, 9.17) is 0 Å². The number of aromatic nitrogens is 1. The smallest absolute Gasteiger partial charge is 0.256 e. The number of fused-ring (bicyclic) bond motifs is 1. The zero-order valence-corrected chi connectivity index (χ0v) is 16.5. The number of aromatic amines is 1. The quantitative estimate of drug-likeness (QED) is 0.675. The van der Waals surface area contributed by atoms with E-state index in [-0.39, 0.29) is 17.5 Å². The molecule has 1 saturated heterocycles. The molecule has 1 aliphatic heterocycles. The summed E-state index contributed by atoms with van der Waals surface area (Å²) in [6.45, 7) is 5.38. The lowest BCUT2D eigenvalue weighted by molar-refractivity contribution is 0.0640. The van der Waals surface area contributed by atoms with E-state index in [2.05, 4.69) is 9.88 Å². The Labute approximate surface area is 169 Å². The summed E-state index contributed by atoms with van der Waals surface area (Å²) in [5.74, 6) is -0.241. The van der Waals surface area contributed by atoms with Crippen molar-refractivity contribution in [2.45, 2.75) is 13.3 Å². The van der Waals surface area contributed by atoms with Crippen molar-refractivity contribution in [1.29, 1.82) is 0 Å². The number of rotatable bonds is 5. The van der Waals surface area contributed by atoms with E-state index in [0.29, 0.717) is 24.2 Å². The van der Waals surface area contributed by atoms with Crippen LogP contribution in [0.3, 0.4) is 0 Å². The second-order valence-electron chi connectivity index (χ2n) is 7.50. The van der Waals surface area contributed by atoms with Crippen LogP contribution < -0.4 is 0 Å². The number of benzene rings is 2. The van der Waals surface area contributed by atoms with E-state index in [9.17, 15) is 14.0 Å². The first-order valence-electron chi connectivity index (χ1n) is 9.90. The van der Waals surface area contributed by atoms with Gasteiger partial charge in [0.05, 0.1) is 11.1 Å². The molecule has 2 aromatic carbocycles. The summed E-state index contributed by atoms with van der Waals surface area (Å²) < 4.78 is 13.0. The Kier molecular flexibility index (Phi) is 5.45. The molecule has 1 aliphatic rings. The molecule has 0 spiro atoms. The minimum atomic E-state index is -0.214. The lowest BCUT2D eigenvalue weighted by Crippen LogP contribution is -2.49. The first-order valence-corrected chi connectivity index (χ1v) is 9.90. The number of hydrogen-bond donors (Lipinski definition) is 1. The predicted octanol–water partition coefficient (Wildman–Crippen LogP) is 3.51. The number of piperazine rings is 1. The molecule has 0 aliphatic carbocycles. The maximum atomic E-state index is 13.1. The highest BCUT2D eigenvalue weighted by molar-refractivity contribution is 6.12. The fraction of sp³-hybridized carbons (Fsp3) is 0.304. The fourth-order valence-electron chi connectivity index (χ4n) is 3.91. The normalized spacial score (nSPS) is 15.0. The summed E-state index contributed by atoms with van der Waals surface area (Å²) in [6.07, 6.45) is 2.54. The van der Waals surface area contributed by atoms with Gasteiger partial charge >= 0.3 is 0 Å². The van der Waals surface area contributed by atoms with Gasteiger partial charge in [-0.2, -0.15) is 0 Å². The molecule has 1 aromatic heterocycles. The first-order chi connectivity index (χ1) is 14.0. The van der Waals surface area contributed by atoms with Crippen LogP contribution in [-0.2, 0) is 6.42 Å². The van der Waals surface area contributed by atoms with Crippen LogP contribution >= 0.6 is 0 Å². The van der Waals surface area contributed by atoms with Crippen molar-refractivity contribution >= 4 is 22.6 Å². The molecule has 1 amide bonds. The van der Waals surface area contributed by atoms with Gasteiger partial charge in [-0.25, -0.2) is 4.39 Å². The van der Waals surface area contributed by atoms with Crippen molar-refractivity contribution in [1.82, 2.24) is 14.8 Å². The zero-order valence-electron chi connectivity index (χ0n) is 16.5. The Morgan fingerprint density at radius 2 is 1.72 bits per heavy atom. The van der Waals surface area contributed by atoms with Gasteiger partial charge < -0.3 is 9.88 Å². The van der Waals surface area contributed by atoms with E-state index < -0.39 is 0 Å². The second-order valence-corrected chi connectivity index (χ2v) is 7.50. The van der Waals surface area contributed by atoms with E-state index in [1.807, 2.05) is 35.2 Å². The number of halogens is 1. The molecule has 1 fully saturated rings. The Morgan fingerprint density at radius 1 is 1.00 bits per heavy atom.